The second-order valence-corrected chi connectivity index (χ2v) is 8.20. The summed E-state index contributed by atoms with van der Waals surface area (Å²) < 4.78 is 1.09. The molecule has 0 radical (unpaired) electrons. The van der Waals surface area contributed by atoms with Crippen LogP contribution in [0, 0.1) is 0 Å². The molecule has 2 aliphatic rings. The number of hydrogen-bond donors (Lipinski definition) is 1. The minimum atomic E-state index is 0.312. The molecule has 0 aromatic heterocycles. The molecule has 0 bridgehead atoms. The molecule has 0 saturated carbocycles. The van der Waals surface area contributed by atoms with Crippen LogP contribution in [0.1, 0.15) is 12.8 Å². The fraction of sp³-hybridized carbons (Fsp3) is 0.588. The Kier molecular flexibility index (Phi) is 6.39. The highest BCUT2D eigenvalue weighted by Crippen LogP contribution is 2.22. The summed E-state index contributed by atoms with van der Waals surface area (Å²) in [5.41, 5.74) is 0. The van der Waals surface area contributed by atoms with Crippen LogP contribution in [-0.4, -0.2) is 66.8 Å². The first-order chi connectivity index (χ1) is 11.2. The third-order valence-electron chi connectivity index (χ3n) is 4.58. The maximum atomic E-state index is 12.4. The fourth-order valence-electron chi connectivity index (χ4n) is 3.26. The van der Waals surface area contributed by atoms with Gasteiger partial charge < -0.3 is 10.2 Å². The average molecular weight is 398 g/mol. The Balaban J connectivity index is 1.39. The van der Waals surface area contributed by atoms with Crippen molar-refractivity contribution in [2.75, 3.05) is 45.0 Å². The summed E-state index contributed by atoms with van der Waals surface area (Å²) in [5.74, 6) is 1.17. The monoisotopic (exact) mass is 397 g/mol. The average Bonchev–Trinajstić information content (AvgIpc) is 3.07. The van der Waals surface area contributed by atoms with E-state index in [1.165, 1.54) is 4.90 Å². The quantitative estimate of drug-likeness (QED) is 0.773. The Morgan fingerprint density at radius 2 is 1.96 bits per heavy atom. The lowest BCUT2D eigenvalue weighted by Gasteiger charge is -2.32. The predicted molar refractivity (Wildman–Crippen MR) is 98.9 cm³/mol. The Labute approximate surface area is 151 Å². The second kappa shape index (κ2) is 8.51. The van der Waals surface area contributed by atoms with Gasteiger partial charge in [-0.05, 0) is 30.7 Å². The van der Waals surface area contributed by atoms with E-state index in [1.807, 2.05) is 12.1 Å². The van der Waals surface area contributed by atoms with E-state index in [4.69, 9.17) is 0 Å². The maximum absolute atomic E-state index is 12.4. The van der Waals surface area contributed by atoms with Crippen molar-refractivity contribution in [2.45, 2.75) is 23.8 Å². The summed E-state index contributed by atoms with van der Waals surface area (Å²) in [7, 11) is 0. The van der Waals surface area contributed by atoms with Gasteiger partial charge in [-0.2, -0.15) is 0 Å². The smallest absolute Gasteiger partial charge is 0.223 e. The number of nitrogens with zero attached hydrogens (tertiary/aromatic N) is 2. The lowest BCUT2D eigenvalue weighted by atomic mass is 10.2. The molecule has 0 spiro atoms. The molecule has 1 amide bonds. The molecule has 2 heterocycles. The molecule has 1 unspecified atom stereocenters. The Morgan fingerprint density at radius 3 is 2.70 bits per heavy atom. The summed E-state index contributed by atoms with van der Waals surface area (Å²) >= 11 is 5.20. The lowest BCUT2D eigenvalue weighted by molar-refractivity contribution is -0.129. The van der Waals surface area contributed by atoms with Gasteiger partial charge in [0.05, 0.1) is 0 Å². The fourth-order valence-corrected chi connectivity index (χ4v) is 4.36. The van der Waals surface area contributed by atoms with E-state index in [2.05, 4.69) is 43.2 Å². The number of thioether (sulfide) groups is 1. The minimum Gasteiger partial charge on any atom is -0.341 e. The van der Waals surface area contributed by atoms with Crippen LogP contribution in [-0.2, 0) is 4.79 Å². The second-order valence-electron chi connectivity index (χ2n) is 6.12. The molecular weight excluding hydrogens is 374 g/mol. The van der Waals surface area contributed by atoms with Crippen molar-refractivity contribution >= 4 is 33.6 Å². The van der Waals surface area contributed by atoms with Gasteiger partial charge in [-0.1, -0.05) is 15.9 Å². The van der Waals surface area contributed by atoms with Gasteiger partial charge >= 0.3 is 0 Å². The summed E-state index contributed by atoms with van der Waals surface area (Å²) in [4.78, 5) is 18.2. The Hall–Kier alpha value is -0.560. The largest absolute Gasteiger partial charge is 0.341 e. The standard InChI is InChI=1S/C17H24BrN3OS/c18-14-1-3-16(4-2-14)23-12-6-17(22)21-9-5-15(13-21)20-10-7-19-8-11-20/h1-4,15,19H,5-13H2. The van der Waals surface area contributed by atoms with Gasteiger partial charge in [-0.25, -0.2) is 0 Å². The molecule has 23 heavy (non-hydrogen) atoms. The zero-order valence-electron chi connectivity index (χ0n) is 13.3. The third-order valence-corrected chi connectivity index (χ3v) is 6.12. The van der Waals surface area contributed by atoms with Crippen LogP contribution in [0.4, 0.5) is 0 Å². The number of carbonyl (C=O) groups is 1. The van der Waals surface area contributed by atoms with Gasteiger partial charge in [0, 0.05) is 66.9 Å². The molecule has 3 rings (SSSR count). The van der Waals surface area contributed by atoms with Crippen LogP contribution in [0.5, 0.6) is 0 Å². The molecule has 2 saturated heterocycles. The molecule has 2 aliphatic heterocycles. The normalized spacial score (nSPS) is 22.5. The Morgan fingerprint density at radius 1 is 1.22 bits per heavy atom. The third kappa shape index (κ3) is 4.95. The van der Waals surface area contributed by atoms with Gasteiger partial charge in [0.1, 0.15) is 0 Å². The van der Waals surface area contributed by atoms with Crippen LogP contribution in [0.25, 0.3) is 0 Å². The number of amides is 1. The molecule has 1 atom stereocenters. The van der Waals surface area contributed by atoms with Crippen LogP contribution in [0.15, 0.2) is 33.6 Å². The highest BCUT2D eigenvalue weighted by atomic mass is 79.9. The zero-order chi connectivity index (χ0) is 16.1. The van der Waals surface area contributed by atoms with Crippen molar-refractivity contribution < 1.29 is 4.79 Å². The number of hydrogen-bond acceptors (Lipinski definition) is 4. The van der Waals surface area contributed by atoms with Gasteiger partial charge in [-0.3, -0.25) is 9.69 Å². The minimum absolute atomic E-state index is 0.312. The van der Waals surface area contributed by atoms with Crippen molar-refractivity contribution in [3.05, 3.63) is 28.7 Å². The molecule has 1 N–H and O–H groups in total. The van der Waals surface area contributed by atoms with Crippen LogP contribution in [0.2, 0.25) is 0 Å². The summed E-state index contributed by atoms with van der Waals surface area (Å²) in [6, 6.07) is 8.84. The first kappa shape index (κ1) is 17.3. The molecule has 0 aliphatic carbocycles. The summed E-state index contributed by atoms with van der Waals surface area (Å²) in [6.07, 6.45) is 1.76. The molecule has 1 aromatic rings. The van der Waals surface area contributed by atoms with Crippen LogP contribution < -0.4 is 5.32 Å². The SMILES string of the molecule is O=C(CCSc1ccc(Br)cc1)N1CCC(N2CCNCC2)C1. The van der Waals surface area contributed by atoms with Gasteiger partial charge in [0.15, 0.2) is 0 Å². The number of nitrogens with one attached hydrogen (secondary N) is 1. The zero-order valence-corrected chi connectivity index (χ0v) is 15.7. The first-order valence-electron chi connectivity index (χ1n) is 8.33. The number of likely N-dealkylation sites (tertiary alicyclic amines) is 1. The molecule has 1 aromatic carbocycles. The van der Waals surface area contributed by atoms with E-state index >= 15 is 0 Å². The van der Waals surface area contributed by atoms with Crippen molar-refractivity contribution in [1.82, 2.24) is 15.1 Å². The topological polar surface area (TPSA) is 35.6 Å². The number of benzene rings is 1. The molecule has 126 valence electrons. The molecule has 4 nitrogen and oxygen atoms in total. The van der Waals surface area contributed by atoms with Crippen molar-refractivity contribution in [3.63, 3.8) is 0 Å². The predicted octanol–water partition coefficient (Wildman–Crippen LogP) is 2.44. The number of rotatable bonds is 5. The number of carbonyl (C=O) groups excluding carboxylic acids is 1. The van der Waals surface area contributed by atoms with E-state index in [1.54, 1.807) is 11.8 Å². The van der Waals surface area contributed by atoms with E-state index in [9.17, 15) is 4.79 Å². The van der Waals surface area contributed by atoms with E-state index < -0.39 is 0 Å². The summed E-state index contributed by atoms with van der Waals surface area (Å²) in [5, 5.41) is 3.39. The van der Waals surface area contributed by atoms with Gasteiger partial charge in [0.25, 0.3) is 0 Å². The number of piperazine rings is 1. The summed E-state index contributed by atoms with van der Waals surface area (Å²) in [6.45, 7) is 6.24. The highest BCUT2D eigenvalue weighted by Gasteiger charge is 2.30. The van der Waals surface area contributed by atoms with E-state index in [0.717, 1.165) is 55.9 Å². The number of halogens is 1. The molecule has 6 heteroatoms. The molecular formula is C17H24BrN3OS. The first-order valence-corrected chi connectivity index (χ1v) is 10.1. The van der Waals surface area contributed by atoms with Crippen LogP contribution >= 0.6 is 27.7 Å². The van der Waals surface area contributed by atoms with E-state index in [-0.39, 0.29) is 0 Å². The lowest BCUT2D eigenvalue weighted by Crippen LogP contribution is -2.49. The van der Waals surface area contributed by atoms with Crippen molar-refractivity contribution in [2.24, 2.45) is 0 Å². The van der Waals surface area contributed by atoms with Gasteiger partial charge in [0.2, 0.25) is 5.91 Å². The van der Waals surface area contributed by atoms with Crippen molar-refractivity contribution in [3.8, 4) is 0 Å². The van der Waals surface area contributed by atoms with Crippen LogP contribution in [0.3, 0.4) is 0 Å². The Bertz CT molecular complexity index is 519. The highest BCUT2D eigenvalue weighted by molar-refractivity contribution is 9.10. The maximum Gasteiger partial charge on any atom is 0.223 e. The van der Waals surface area contributed by atoms with Crippen molar-refractivity contribution in [1.29, 1.82) is 0 Å². The van der Waals surface area contributed by atoms with Gasteiger partial charge in [-0.15, -0.1) is 11.8 Å². The molecule has 2 fully saturated rings. The van der Waals surface area contributed by atoms with E-state index in [0.29, 0.717) is 18.4 Å².